The van der Waals surface area contributed by atoms with Crippen molar-refractivity contribution in [3.63, 3.8) is 0 Å². The van der Waals surface area contributed by atoms with Crippen molar-refractivity contribution in [1.82, 2.24) is 5.32 Å². The van der Waals surface area contributed by atoms with E-state index in [2.05, 4.69) is 10.6 Å². The molecule has 0 unspecified atom stereocenters. The first-order valence-electron chi connectivity index (χ1n) is 7.10. The van der Waals surface area contributed by atoms with Gasteiger partial charge in [0.05, 0.1) is 22.4 Å². The van der Waals surface area contributed by atoms with Gasteiger partial charge in [-0.1, -0.05) is 35.9 Å². The van der Waals surface area contributed by atoms with Crippen molar-refractivity contribution in [2.24, 2.45) is 0 Å². The van der Waals surface area contributed by atoms with Gasteiger partial charge in [0.1, 0.15) is 5.75 Å². The molecule has 2 N–H and O–H groups in total. The molecule has 0 heterocycles. The SMILES string of the molecule is CC(C)Oc1ccccc1C(=O)NC(=S)Nc1ccccc1Cl. The second-order valence-electron chi connectivity index (χ2n) is 5.05. The topological polar surface area (TPSA) is 50.4 Å². The molecule has 0 fully saturated rings. The van der Waals surface area contributed by atoms with Crippen molar-refractivity contribution in [2.45, 2.75) is 20.0 Å². The third kappa shape index (κ3) is 4.94. The van der Waals surface area contributed by atoms with Gasteiger partial charge in [0.15, 0.2) is 5.11 Å². The highest BCUT2D eigenvalue weighted by Crippen LogP contribution is 2.21. The quantitative estimate of drug-likeness (QED) is 0.811. The molecule has 120 valence electrons. The number of benzene rings is 2. The predicted molar refractivity (Wildman–Crippen MR) is 97.3 cm³/mol. The second kappa shape index (κ2) is 7.94. The Bertz CT molecular complexity index is 719. The van der Waals surface area contributed by atoms with Crippen LogP contribution >= 0.6 is 23.8 Å². The van der Waals surface area contributed by atoms with Crippen molar-refractivity contribution in [2.75, 3.05) is 5.32 Å². The Morgan fingerprint density at radius 3 is 2.48 bits per heavy atom. The molecule has 2 rings (SSSR count). The highest BCUT2D eigenvalue weighted by molar-refractivity contribution is 7.80. The van der Waals surface area contributed by atoms with Crippen molar-refractivity contribution < 1.29 is 9.53 Å². The Morgan fingerprint density at radius 2 is 1.78 bits per heavy atom. The maximum atomic E-state index is 12.4. The number of nitrogens with one attached hydrogen (secondary N) is 2. The lowest BCUT2D eigenvalue weighted by atomic mass is 10.2. The molecule has 4 nitrogen and oxygen atoms in total. The van der Waals surface area contributed by atoms with Crippen LogP contribution in [0.25, 0.3) is 0 Å². The van der Waals surface area contributed by atoms with Gasteiger partial charge in [0, 0.05) is 0 Å². The second-order valence-corrected chi connectivity index (χ2v) is 5.87. The zero-order chi connectivity index (χ0) is 16.8. The Hall–Kier alpha value is -2.11. The fraction of sp³-hybridized carbons (Fsp3) is 0.176. The Morgan fingerprint density at radius 1 is 1.13 bits per heavy atom. The highest BCUT2D eigenvalue weighted by atomic mass is 35.5. The van der Waals surface area contributed by atoms with E-state index in [0.29, 0.717) is 22.0 Å². The molecule has 0 aliphatic heterocycles. The first kappa shape index (κ1) is 17.2. The molecule has 1 amide bonds. The van der Waals surface area contributed by atoms with E-state index in [9.17, 15) is 4.79 Å². The van der Waals surface area contributed by atoms with Crippen LogP contribution in [0.4, 0.5) is 5.69 Å². The summed E-state index contributed by atoms with van der Waals surface area (Å²) < 4.78 is 5.64. The number of para-hydroxylation sites is 2. The summed E-state index contributed by atoms with van der Waals surface area (Å²) in [5, 5.41) is 6.22. The Balaban J connectivity index is 2.07. The van der Waals surface area contributed by atoms with E-state index < -0.39 is 0 Å². The molecule has 2 aromatic rings. The van der Waals surface area contributed by atoms with Gasteiger partial charge in [-0.15, -0.1) is 0 Å². The third-order valence-corrected chi connectivity index (χ3v) is 3.38. The number of carbonyl (C=O) groups excluding carboxylic acids is 1. The van der Waals surface area contributed by atoms with Crippen LogP contribution in [-0.2, 0) is 0 Å². The molecule has 0 aliphatic rings. The van der Waals surface area contributed by atoms with E-state index >= 15 is 0 Å². The maximum absolute atomic E-state index is 12.4. The molecule has 23 heavy (non-hydrogen) atoms. The lowest BCUT2D eigenvalue weighted by Crippen LogP contribution is -2.34. The van der Waals surface area contributed by atoms with E-state index in [-0.39, 0.29) is 17.1 Å². The fourth-order valence-electron chi connectivity index (χ4n) is 1.90. The summed E-state index contributed by atoms with van der Waals surface area (Å²) >= 11 is 11.2. The van der Waals surface area contributed by atoms with Gasteiger partial charge in [-0.3, -0.25) is 10.1 Å². The minimum atomic E-state index is -0.342. The summed E-state index contributed by atoms with van der Waals surface area (Å²) in [6.07, 6.45) is -0.0304. The molecule has 0 saturated heterocycles. The van der Waals surface area contributed by atoms with Crippen LogP contribution in [0, 0.1) is 0 Å². The van der Waals surface area contributed by atoms with Gasteiger partial charge in [0.2, 0.25) is 0 Å². The van der Waals surface area contributed by atoms with E-state index in [1.165, 1.54) is 0 Å². The number of ether oxygens (including phenoxy) is 1. The van der Waals surface area contributed by atoms with Gasteiger partial charge in [-0.2, -0.15) is 0 Å². The molecule has 0 aliphatic carbocycles. The lowest BCUT2D eigenvalue weighted by molar-refractivity contribution is 0.0972. The van der Waals surface area contributed by atoms with E-state index in [1.807, 2.05) is 32.0 Å². The van der Waals surface area contributed by atoms with Gasteiger partial charge in [0.25, 0.3) is 5.91 Å². The summed E-state index contributed by atoms with van der Waals surface area (Å²) in [5.74, 6) is 0.173. The fourth-order valence-corrected chi connectivity index (χ4v) is 2.28. The number of halogens is 1. The third-order valence-electron chi connectivity index (χ3n) is 2.84. The van der Waals surface area contributed by atoms with Gasteiger partial charge < -0.3 is 10.1 Å². The van der Waals surface area contributed by atoms with Crippen LogP contribution in [0.5, 0.6) is 5.75 Å². The summed E-state index contributed by atoms with van der Waals surface area (Å²) in [7, 11) is 0. The van der Waals surface area contributed by atoms with E-state index in [1.54, 1.807) is 30.3 Å². The molecule has 0 aromatic heterocycles. The van der Waals surface area contributed by atoms with Crippen LogP contribution in [0.1, 0.15) is 24.2 Å². The summed E-state index contributed by atoms with van der Waals surface area (Å²) in [6.45, 7) is 3.80. The normalized spacial score (nSPS) is 10.3. The molecule has 0 bridgehead atoms. The van der Waals surface area contributed by atoms with Gasteiger partial charge in [-0.25, -0.2) is 0 Å². The number of hydrogen-bond acceptors (Lipinski definition) is 3. The average Bonchev–Trinajstić information content (AvgIpc) is 2.49. The standard InChI is InChI=1S/C17H17ClN2O2S/c1-11(2)22-15-10-6-3-7-12(15)16(21)20-17(23)19-14-9-5-4-8-13(14)18/h3-11H,1-2H3,(H2,19,20,21,23). The Labute approximate surface area is 145 Å². The number of thiocarbonyl (C=S) groups is 1. The van der Waals surface area contributed by atoms with Crippen LogP contribution < -0.4 is 15.4 Å². The molecule has 6 heteroatoms. The molecule has 0 radical (unpaired) electrons. The number of hydrogen-bond donors (Lipinski definition) is 2. The summed E-state index contributed by atoms with van der Waals surface area (Å²) in [5.41, 5.74) is 1.05. The minimum absolute atomic E-state index is 0.0304. The summed E-state index contributed by atoms with van der Waals surface area (Å²) in [6, 6.07) is 14.2. The number of carbonyl (C=O) groups is 1. The smallest absolute Gasteiger partial charge is 0.261 e. The predicted octanol–water partition coefficient (Wildman–Crippen LogP) is 4.25. The average molecular weight is 349 g/mol. The van der Waals surface area contributed by atoms with Crippen molar-refractivity contribution >= 4 is 40.5 Å². The first-order chi connectivity index (χ1) is 11.0. The zero-order valence-electron chi connectivity index (χ0n) is 12.8. The number of amides is 1. The lowest BCUT2D eigenvalue weighted by Gasteiger charge is -2.15. The molecular weight excluding hydrogens is 332 g/mol. The first-order valence-corrected chi connectivity index (χ1v) is 7.88. The molecule has 0 saturated carbocycles. The maximum Gasteiger partial charge on any atom is 0.261 e. The van der Waals surface area contributed by atoms with Crippen LogP contribution in [-0.4, -0.2) is 17.1 Å². The Kier molecular flexibility index (Phi) is 5.96. The highest BCUT2D eigenvalue weighted by Gasteiger charge is 2.14. The van der Waals surface area contributed by atoms with Crippen molar-refractivity contribution in [1.29, 1.82) is 0 Å². The molecule has 0 spiro atoms. The van der Waals surface area contributed by atoms with E-state index in [0.717, 1.165) is 0 Å². The molecule has 0 atom stereocenters. The zero-order valence-corrected chi connectivity index (χ0v) is 14.4. The molecular formula is C17H17ClN2O2S. The van der Waals surface area contributed by atoms with E-state index in [4.69, 9.17) is 28.6 Å². The largest absolute Gasteiger partial charge is 0.490 e. The van der Waals surface area contributed by atoms with Crippen LogP contribution in [0.15, 0.2) is 48.5 Å². The summed E-state index contributed by atoms with van der Waals surface area (Å²) in [4.78, 5) is 12.4. The monoisotopic (exact) mass is 348 g/mol. The van der Waals surface area contributed by atoms with Crippen molar-refractivity contribution in [3.8, 4) is 5.75 Å². The van der Waals surface area contributed by atoms with Crippen LogP contribution in [0.3, 0.4) is 0 Å². The van der Waals surface area contributed by atoms with Gasteiger partial charge >= 0.3 is 0 Å². The number of rotatable bonds is 4. The van der Waals surface area contributed by atoms with Crippen molar-refractivity contribution in [3.05, 3.63) is 59.1 Å². The molecule has 2 aromatic carbocycles. The van der Waals surface area contributed by atoms with Gasteiger partial charge in [-0.05, 0) is 50.3 Å². The number of anilines is 1. The minimum Gasteiger partial charge on any atom is -0.490 e. The van der Waals surface area contributed by atoms with Crippen LogP contribution in [0.2, 0.25) is 5.02 Å².